The first-order valence-electron chi connectivity index (χ1n) is 2.81. The van der Waals surface area contributed by atoms with Crippen molar-refractivity contribution >= 4 is 5.69 Å². The van der Waals surface area contributed by atoms with Crippen LogP contribution in [0.25, 0.3) is 0 Å². The number of aromatic nitrogens is 2. The van der Waals surface area contributed by atoms with Crippen LogP contribution in [0, 0.1) is 0 Å². The van der Waals surface area contributed by atoms with Crippen LogP contribution in [0.3, 0.4) is 0 Å². The van der Waals surface area contributed by atoms with Gasteiger partial charge in [-0.25, -0.2) is 0 Å². The molecule has 4 nitrogen and oxygen atoms in total. The lowest BCUT2D eigenvalue weighted by Gasteiger charge is -1.93. The molecule has 1 rings (SSSR count). The SMILES string of the molecule is NCCn1cc(N)cn1. The molecule has 0 aliphatic rings. The molecule has 1 heterocycles. The van der Waals surface area contributed by atoms with Crippen LogP contribution >= 0.6 is 0 Å². The van der Waals surface area contributed by atoms with Crippen molar-refractivity contribution in [3.63, 3.8) is 0 Å². The highest BCUT2D eigenvalue weighted by atomic mass is 15.3. The summed E-state index contributed by atoms with van der Waals surface area (Å²) >= 11 is 0. The van der Waals surface area contributed by atoms with Crippen molar-refractivity contribution in [3.8, 4) is 0 Å². The van der Waals surface area contributed by atoms with E-state index < -0.39 is 0 Å². The van der Waals surface area contributed by atoms with Crippen LogP contribution in [-0.4, -0.2) is 16.3 Å². The fraction of sp³-hybridized carbons (Fsp3) is 0.400. The van der Waals surface area contributed by atoms with Crippen molar-refractivity contribution in [1.82, 2.24) is 9.78 Å². The molecule has 0 aliphatic carbocycles. The van der Waals surface area contributed by atoms with Crippen molar-refractivity contribution in [2.45, 2.75) is 6.54 Å². The van der Waals surface area contributed by atoms with Gasteiger partial charge in [0.15, 0.2) is 0 Å². The van der Waals surface area contributed by atoms with Gasteiger partial charge in [0, 0.05) is 12.7 Å². The molecule has 1 aromatic heterocycles. The molecule has 50 valence electrons. The van der Waals surface area contributed by atoms with Crippen LogP contribution in [0.5, 0.6) is 0 Å². The van der Waals surface area contributed by atoms with Gasteiger partial charge in [0.05, 0.1) is 18.4 Å². The van der Waals surface area contributed by atoms with Crippen molar-refractivity contribution in [2.24, 2.45) is 5.73 Å². The number of nitrogens with zero attached hydrogens (tertiary/aromatic N) is 2. The van der Waals surface area contributed by atoms with E-state index in [1.54, 1.807) is 17.1 Å². The molecule has 0 spiro atoms. The fourth-order valence-corrected chi connectivity index (χ4v) is 0.634. The number of nitrogen functional groups attached to an aromatic ring is 1. The second-order valence-electron chi connectivity index (χ2n) is 1.83. The Morgan fingerprint density at radius 3 is 2.89 bits per heavy atom. The molecule has 0 fully saturated rings. The predicted molar refractivity (Wildman–Crippen MR) is 35.7 cm³/mol. The highest BCUT2D eigenvalue weighted by Gasteiger charge is 1.89. The van der Waals surface area contributed by atoms with Crippen LogP contribution in [0.4, 0.5) is 5.69 Å². The van der Waals surface area contributed by atoms with E-state index >= 15 is 0 Å². The number of hydrogen-bond donors (Lipinski definition) is 2. The Hall–Kier alpha value is -1.03. The highest BCUT2D eigenvalue weighted by Crippen LogP contribution is 1.95. The standard InChI is InChI=1S/C5H10N4/c6-1-2-9-4-5(7)3-8-9/h3-4H,1-2,6-7H2. The molecule has 4 heteroatoms. The average molecular weight is 126 g/mol. The molecule has 0 saturated carbocycles. The summed E-state index contributed by atoms with van der Waals surface area (Å²) in [5, 5.41) is 3.92. The van der Waals surface area contributed by atoms with Crippen LogP contribution in [0.1, 0.15) is 0 Å². The maximum atomic E-state index is 5.38. The van der Waals surface area contributed by atoms with Crippen molar-refractivity contribution < 1.29 is 0 Å². The number of hydrogen-bond acceptors (Lipinski definition) is 3. The lowest BCUT2D eigenvalue weighted by molar-refractivity contribution is 0.625. The van der Waals surface area contributed by atoms with Crippen molar-refractivity contribution in [1.29, 1.82) is 0 Å². The van der Waals surface area contributed by atoms with Gasteiger partial charge in [0.2, 0.25) is 0 Å². The fourth-order valence-electron chi connectivity index (χ4n) is 0.634. The van der Waals surface area contributed by atoms with E-state index in [0.29, 0.717) is 12.2 Å². The Kier molecular flexibility index (Phi) is 1.69. The molecule has 0 saturated heterocycles. The molecular weight excluding hydrogens is 116 g/mol. The normalized spacial score (nSPS) is 9.89. The Bertz CT molecular complexity index is 181. The first kappa shape index (κ1) is 6.10. The van der Waals surface area contributed by atoms with Gasteiger partial charge in [-0.05, 0) is 0 Å². The topological polar surface area (TPSA) is 69.9 Å². The Morgan fingerprint density at radius 1 is 1.67 bits per heavy atom. The summed E-state index contributed by atoms with van der Waals surface area (Å²) in [5.41, 5.74) is 11.3. The van der Waals surface area contributed by atoms with E-state index in [-0.39, 0.29) is 0 Å². The molecule has 9 heavy (non-hydrogen) atoms. The minimum atomic E-state index is 0.598. The van der Waals surface area contributed by atoms with Gasteiger partial charge in [0.1, 0.15) is 0 Å². The molecular formula is C5H10N4. The maximum absolute atomic E-state index is 5.38. The summed E-state index contributed by atoms with van der Waals surface area (Å²) in [6.45, 7) is 1.33. The summed E-state index contributed by atoms with van der Waals surface area (Å²) < 4.78 is 1.72. The van der Waals surface area contributed by atoms with Gasteiger partial charge in [-0.2, -0.15) is 5.10 Å². The Morgan fingerprint density at radius 2 is 2.44 bits per heavy atom. The zero-order valence-corrected chi connectivity index (χ0v) is 5.12. The zero-order valence-electron chi connectivity index (χ0n) is 5.12. The summed E-state index contributed by atoms with van der Waals surface area (Å²) in [7, 11) is 0. The smallest absolute Gasteiger partial charge is 0.0719 e. The second-order valence-corrected chi connectivity index (χ2v) is 1.83. The van der Waals surface area contributed by atoms with Gasteiger partial charge in [-0.1, -0.05) is 0 Å². The van der Waals surface area contributed by atoms with Gasteiger partial charge in [-0.15, -0.1) is 0 Å². The first-order valence-corrected chi connectivity index (χ1v) is 2.81. The second kappa shape index (κ2) is 2.50. The van der Waals surface area contributed by atoms with Crippen molar-refractivity contribution in [3.05, 3.63) is 12.4 Å². The van der Waals surface area contributed by atoms with E-state index in [1.807, 2.05) is 0 Å². The molecule has 0 aromatic carbocycles. The van der Waals surface area contributed by atoms with Crippen LogP contribution in [0.15, 0.2) is 12.4 Å². The lowest BCUT2D eigenvalue weighted by atomic mass is 10.6. The number of anilines is 1. The van der Waals surface area contributed by atoms with E-state index in [0.717, 1.165) is 6.54 Å². The van der Waals surface area contributed by atoms with E-state index in [1.165, 1.54) is 0 Å². The zero-order chi connectivity index (χ0) is 6.69. The monoisotopic (exact) mass is 126 g/mol. The minimum Gasteiger partial charge on any atom is -0.396 e. The third-order valence-corrected chi connectivity index (χ3v) is 1.01. The van der Waals surface area contributed by atoms with E-state index in [2.05, 4.69) is 5.10 Å². The Labute approximate surface area is 53.4 Å². The van der Waals surface area contributed by atoms with E-state index in [9.17, 15) is 0 Å². The molecule has 1 aromatic rings. The van der Waals surface area contributed by atoms with Gasteiger partial charge < -0.3 is 11.5 Å². The minimum absolute atomic E-state index is 0.598. The molecule has 0 radical (unpaired) electrons. The first-order chi connectivity index (χ1) is 4.33. The maximum Gasteiger partial charge on any atom is 0.0719 e. The largest absolute Gasteiger partial charge is 0.396 e. The quantitative estimate of drug-likeness (QED) is 0.557. The third kappa shape index (κ3) is 1.43. The lowest BCUT2D eigenvalue weighted by Crippen LogP contribution is -2.09. The Balaban J connectivity index is 2.61. The molecule has 0 bridgehead atoms. The van der Waals surface area contributed by atoms with Gasteiger partial charge in [-0.3, -0.25) is 4.68 Å². The summed E-state index contributed by atoms with van der Waals surface area (Å²) in [6.07, 6.45) is 3.36. The predicted octanol–water partition coefficient (Wildman–Crippen LogP) is -0.576. The summed E-state index contributed by atoms with van der Waals surface area (Å²) in [5.74, 6) is 0. The average Bonchev–Trinajstić information content (AvgIpc) is 2.17. The van der Waals surface area contributed by atoms with Gasteiger partial charge >= 0.3 is 0 Å². The van der Waals surface area contributed by atoms with Crippen LogP contribution in [0.2, 0.25) is 0 Å². The van der Waals surface area contributed by atoms with Crippen molar-refractivity contribution in [2.75, 3.05) is 12.3 Å². The molecule has 0 atom stereocenters. The third-order valence-electron chi connectivity index (χ3n) is 1.01. The van der Waals surface area contributed by atoms with E-state index in [4.69, 9.17) is 11.5 Å². The summed E-state index contributed by atoms with van der Waals surface area (Å²) in [4.78, 5) is 0. The molecule has 4 N–H and O–H groups in total. The molecule has 0 aliphatic heterocycles. The van der Waals surface area contributed by atoms with Crippen LogP contribution in [-0.2, 0) is 6.54 Å². The highest BCUT2D eigenvalue weighted by molar-refractivity contribution is 5.30. The number of rotatable bonds is 2. The van der Waals surface area contributed by atoms with Crippen LogP contribution < -0.4 is 11.5 Å². The number of nitrogens with two attached hydrogens (primary N) is 2. The van der Waals surface area contributed by atoms with Gasteiger partial charge in [0.25, 0.3) is 0 Å². The molecule has 0 unspecified atom stereocenters. The summed E-state index contributed by atoms with van der Waals surface area (Å²) in [6, 6.07) is 0. The molecule has 0 amide bonds.